The minimum Gasteiger partial charge on any atom is -0.212 e. The van der Waals surface area contributed by atoms with Crippen molar-refractivity contribution >= 4 is 0 Å². The van der Waals surface area contributed by atoms with Gasteiger partial charge in [-0.1, -0.05) is 17.7 Å². The molecule has 0 saturated carbocycles. The van der Waals surface area contributed by atoms with Gasteiger partial charge in [-0.25, -0.2) is 13.2 Å². The van der Waals surface area contributed by atoms with Crippen LogP contribution in [0.15, 0.2) is 47.6 Å². The summed E-state index contributed by atoms with van der Waals surface area (Å²) in [6.45, 7) is 10.2. The van der Waals surface area contributed by atoms with Gasteiger partial charge in [-0.2, -0.15) is 0 Å². The molecule has 0 radical (unpaired) electrons. The second-order valence-corrected chi connectivity index (χ2v) is 4.70. The first-order valence-corrected chi connectivity index (χ1v) is 6.94. The Morgan fingerprint density at radius 2 is 1.45 bits per heavy atom. The van der Waals surface area contributed by atoms with Gasteiger partial charge in [-0.15, -0.1) is 11.8 Å². The molecule has 1 rings (SSSR count). The fourth-order valence-corrected chi connectivity index (χ4v) is 0.968. The third-order valence-electron chi connectivity index (χ3n) is 2.37. The van der Waals surface area contributed by atoms with E-state index in [1.807, 2.05) is 20.8 Å². The summed E-state index contributed by atoms with van der Waals surface area (Å²) in [5, 5.41) is 0. The van der Waals surface area contributed by atoms with Crippen molar-refractivity contribution in [2.24, 2.45) is 0 Å². The van der Waals surface area contributed by atoms with Crippen molar-refractivity contribution in [2.45, 2.75) is 48.0 Å². The van der Waals surface area contributed by atoms with E-state index in [9.17, 15) is 13.2 Å². The van der Waals surface area contributed by atoms with Crippen LogP contribution in [0, 0.1) is 24.6 Å². The fraction of sp³-hybridized carbons (Fsp3) is 0.368. The molecule has 0 aliphatic carbocycles. The topological polar surface area (TPSA) is 0 Å². The Kier molecular flexibility index (Phi) is 14.2. The van der Waals surface area contributed by atoms with Crippen LogP contribution in [0.2, 0.25) is 0 Å². The van der Waals surface area contributed by atoms with Gasteiger partial charge in [-0.3, -0.25) is 0 Å². The van der Waals surface area contributed by atoms with Gasteiger partial charge in [-0.05, 0) is 65.3 Å². The SMILES string of the molecule is CC#CC.CC(C)=C(F)C/C=C(\C)F.Cc1ccc(F)cc1. The number of allylic oxidation sites excluding steroid dienone is 4. The van der Waals surface area contributed by atoms with Gasteiger partial charge in [0, 0.05) is 6.42 Å². The molecule has 0 unspecified atom stereocenters. The van der Waals surface area contributed by atoms with E-state index in [4.69, 9.17) is 0 Å². The van der Waals surface area contributed by atoms with E-state index in [1.165, 1.54) is 25.1 Å². The van der Waals surface area contributed by atoms with Crippen LogP contribution in [0.5, 0.6) is 0 Å². The highest BCUT2D eigenvalue weighted by Gasteiger charge is 1.94. The summed E-state index contributed by atoms with van der Waals surface area (Å²) < 4.78 is 36.6. The predicted molar refractivity (Wildman–Crippen MR) is 89.2 cm³/mol. The minimum absolute atomic E-state index is 0.0741. The number of rotatable bonds is 2. The highest BCUT2D eigenvalue weighted by Crippen LogP contribution is 2.11. The highest BCUT2D eigenvalue weighted by atomic mass is 19.1. The molecule has 0 bridgehead atoms. The van der Waals surface area contributed by atoms with E-state index in [0.717, 1.165) is 5.56 Å². The molecule has 0 amide bonds. The molecule has 3 heteroatoms. The van der Waals surface area contributed by atoms with E-state index >= 15 is 0 Å². The van der Waals surface area contributed by atoms with Crippen molar-refractivity contribution < 1.29 is 13.2 Å². The Bertz CT molecular complexity index is 491. The summed E-state index contributed by atoms with van der Waals surface area (Å²) in [5.41, 5.74) is 1.70. The van der Waals surface area contributed by atoms with Crippen molar-refractivity contribution in [1.29, 1.82) is 0 Å². The first-order chi connectivity index (χ1) is 10.2. The molecule has 22 heavy (non-hydrogen) atoms. The monoisotopic (exact) mass is 310 g/mol. The van der Waals surface area contributed by atoms with Crippen LogP contribution in [0.3, 0.4) is 0 Å². The van der Waals surface area contributed by atoms with E-state index in [0.29, 0.717) is 5.57 Å². The zero-order chi connectivity index (χ0) is 17.5. The van der Waals surface area contributed by atoms with Crippen LogP contribution in [0.1, 0.15) is 46.6 Å². The maximum atomic E-state index is 12.6. The molecule has 0 aliphatic heterocycles. The van der Waals surface area contributed by atoms with Gasteiger partial charge >= 0.3 is 0 Å². The third kappa shape index (κ3) is 16.1. The first kappa shape index (κ1) is 22.3. The average molecular weight is 310 g/mol. The molecule has 0 N–H and O–H groups in total. The van der Waals surface area contributed by atoms with Crippen LogP contribution >= 0.6 is 0 Å². The Labute approximate surface area is 132 Å². The van der Waals surface area contributed by atoms with Gasteiger partial charge in [0.1, 0.15) is 11.6 Å². The Morgan fingerprint density at radius 1 is 1.00 bits per heavy atom. The summed E-state index contributed by atoms with van der Waals surface area (Å²) in [4.78, 5) is 0. The van der Waals surface area contributed by atoms with Crippen molar-refractivity contribution in [2.75, 3.05) is 0 Å². The molecule has 0 nitrogen and oxygen atoms in total. The van der Waals surface area contributed by atoms with Crippen molar-refractivity contribution in [3.05, 3.63) is 58.9 Å². The molecule has 0 spiro atoms. The average Bonchev–Trinajstić information content (AvgIpc) is 2.48. The Balaban J connectivity index is 0. The summed E-state index contributed by atoms with van der Waals surface area (Å²) in [6, 6.07) is 6.40. The zero-order valence-corrected chi connectivity index (χ0v) is 14.2. The Morgan fingerprint density at radius 3 is 1.73 bits per heavy atom. The molecule has 0 aromatic heterocycles. The second kappa shape index (κ2) is 14.0. The summed E-state index contributed by atoms with van der Waals surface area (Å²) in [7, 11) is 0. The molecular formula is C19H25F3. The lowest BCUT2D eigenvalue weighted by atomic mass is 10.2. The zero-order valence-electron chi connectivity index (χ0n) is 14.2. The molecule has 1 aromatic rings. The predicted octanol–water partition coefficient (Wildman–Crippen LogP) is 6.68. The number of benzene rings is 1. The van der Waals surface area contributed by atoms with E-state index in [-0.39, 0.29) is 23.9 Å². The van der Waals surface area contributed by atoms with Crippen LogP contribution < -0.4 is 0 Å². The smallest absolute Gasteiger partial charge is 0.123 e. The van der Waals surface area contributed by atoms with Crippen molar-refractivity contribution in [3.63, 3.8) is 0 Å². The summed E-state index contributed by atoms with van der Waals surface area (Å²) in [6.07, 6.45) is 1.30. The van der Waals surface area contributed by atoms with Gasteiger partial charge in [0.05, 0.1) is 5.83 Å². The minimum atomic E-state index is -0.337. The molecule has 1 aromatic carbocycles. The molecule has 0 heterocycles. The second-order valence-electron chi connectivity index (χ2n) is 4.70. The van der Waals surface area contributed by atoms with Crippen molar-refractivity contribution in [3.8, 4) is 11.8 Å². The van der Waals surface area contributed by atoms with E-state index < -0.39 is 0 Å². The van der Waals surface area contributed by atoms with E-state index in [2.05, 4.69) is 11.8 Å². The number of aryl methyl sites for hydroxylation is 1. The quantitative estimate of drug-likeness (QED) is 0.535. The van der Waals surface area contributed by atoms with Crippen molar-refractivity contribution in [1.82, 2.24) is 0 Å². The lowest BCUT2D eigenvalue weighted by Crippen LogP contribution is -1.75. The molecule has 0 aliphatic rings. The first-order valence-electron chi connectivity index (χ1n) is 6.94. The van der Waals surface area contributed by atoms with Crippen LogP contribution in [-0.4, -0.2) is 0 Å². The molecule has 122 valence electrons. The van der Waals surface area contributed by atoms with Crippen LogP contribution in [-0.2, 0) is 0 Å². The van der Waals surface area contributed by atoms with Gasteiger partial charge in [0.2, 0.25) is 0 Å². The van der Waals surface area contributed by atoms with E-state index in [1.54, 1.807) is 26.0 Å². The maximum Gasteiger partial charge on any atom is 0.123 e. The lowest BCUT2D eigenvalue weighted by molar-refractivity contribution is 0.590. The Hall–Kier alpha value is -1.95. The normalized spacial score (nSPS) is 9.23. The number of hydrogen-bond donors (Lipinski definition) is 0. The van der Waals surface area contributed by atoms with Crippen LogP contribution in [0.25, 0.3) is 0 Å². The number of halogens is 3. The maximum absolute atomic E-state index is 12.6. The summed E-state index contributed by atoms with van der Waals surface area (Å²) in [5.74, 6) is 4.60. The molecular weight excluding hydrogens is 285 g/mol. The van der Waals surface area contributed by atoms with Gasteiger partial charge in [0.25, 0.3) is 0 Å². The third-order valence-corrected chi connectivity index (χ3v) is 2.37. The fourth-order valence-electron chi connectivity index (χ4n) is 0.968. The van der Waals surface area contributed by atoms with Gasteiger partial charge in [0.15, 0.2) is 0 Å². The number of hydrogen-bond acceptors (Lipinski definition) is 0. The summed E-state index contributed by atoms with van der Waals surface area (Å²) >= 11 is 0. The van der Waals surface area contributed by atoms with Crippen LogP contribution in [0.4, 0.5) is 13.2 Å². The highest BCUT2D eigenvalue weighted by molar-refractivity contribution is 5.13. The van der Waals surface area contributed by atoms with Gasteiger partial charge < -0.3 is 0 Å². The largest absolute Gasteiger partial charge is 0.212 e. The standard InChI is InChI=1S/C8H12F2.C7H7F.C4H6/c1-6(2)8(10)5-4-7(3)9;1-6-2-4-7(8)5-3-6;1-3-4-2/h4H,5H2,1-3H3;2-5H,1H3;1-2H3/b7-4+;;. The lowest BCUT2D eigenvalue weighted by Gasteiger charge is -1.93. The molecule has 0 fully saturated rings. The molecule has 0 atom stereocenters. The molecule has 0 saturated heterocycles.